The van der Waals surface area contributed by atoms with Gasteiger partial charge in [0.1, 0.15) is 0 Å². The van der Waals surface area contributed by atoms with E-state index in [1.165, 1.54) is 0 Å². The Balaban J connectivity index is 0.00000264. The van der Waals surface area contributed by atoms with Gasteiger partial charge in [0.25, 0.3) is 5.91 Å². The van der Waals surface area contributed by atoms with Gasteiger partial charge in [-0.15, -0.1) is 12.4 Å². The number of carbonyl (C=O) groups excluding carboxylic acids is 2. The van der Waals surface area contributed by atoms with Crippen LogP contribution in [0.4, 0.5) is 5.69 Å². The lowest BCUT2D eigenvalue weighted by Crippen LogP contribution is -2.35. The lowest BCUT2D eigenvalue weighted by Gasteiger charge is -2.21. The van der Waals surface area contributed by atoms with Gasteiger partial charge >= 0.3 is 0 Å². The Morgan fingerprint density at radius 1 is 1.22 bits per heavy atom. The highest BCUT2D eigenvalue weighted by Crippen LogP contribution is 2.24. The second kappa shape index (κ2) is 8.31. The van der Waals surface area contributed by atoms with Gasteiger partial charge in [-0.2, -0.15) is 0 Å². The molecule has 3 N–H and O–H groups in total. The fourth-order valence-electron chi connectivity index (χ4n) is 2.62. The molecule has 1 aromatic carbocycles. The van der Waals surface area contributed by atoms with E-state index in [-0.39, 0.29) is 36.2 Å². The number of likely N-dealkylation sites (tertiary alicyclic amines) is 1. The zero-order chi connectivity index (χ0) is 16.3. The van der Waals surface area contributed by atoms with Crippen LogP contribution in [0.3, 0.4) is 0 Å². The minimum Gasteiger partial charge on any atom is -0.339 e. The lowest BCUT2D eigenvalue weighted by molar-refractivity contribution is -0.119. The van der Waals surface area contributed by atoms with Crippen molar-refractivity contribution in [3.63, 3.8) is 0 Å². The Hall–Kier alpha value is -1.59. The summed E-state index contributed by atoms with van der Waals surface area (Å²) in [5, 5.41) is 2.87. The highest BCUT2D eigenvalue weighted by atomic mass is 35.5. The summed E-state index contributed by atoms with van der Waals surface area (Å²) >= 11 is 0. The number of hydrogen-bond acceptors (Lipinski definition) is 3. The van der Waals surface area contributed by atoms with E-state index in [0.717, 1.165) is 31.5 Å². The minimum atomic E-state index is -0.310. The molecule has 6 heteroatoms. The van der Waals surface area contributed by atoms with Gasteiger partial charge in [0.15, 0.2) is 0 Å². The van der Waals surface area contributed by atoms with Crippen molar-refractivity contribution in [1.29, 1.82) is 0 Å². The molecule has 5 nitrogen and oxygen atoms in total. The summed E-state index contributed by atoms with van der Waals surface area (Å²) in [4.78, 5) is 26.8. The van der Waals surface area contributed by atoms with Gasteiger partial charge in [-0.1, -0.05) is 19.1 Å². The Bertz CT molecular complexity index is 569. The van der Waals surface area contributed by atoms with Crippen molar-refractivity contribution < 1.29 is 9.59 Å². The Morgan fingerprint density at radius 3 is 2.39 bits per heavy atom. The maximum absolute atomic E-state index is 12.7. The average Bonchev–Trinajstić information content (AvgIpc) is 3.00. The largest absolute Gasteiger partial charge is 0.339 e. The van der Waals surface area contributed by atoms with Gasteiger partial charge in [-0.3, -0.25) is 9.59 Å². The molecule has 2 amide bonds. The van der Waals surface area contributed by atoms with Crippen molar-refractivity contribution in [3.05, 3.63) is 29.3 Å². The number of nitrogens with two attached hydrogens (primary N) is 1. The lowest BCUT2D eigenvalue weighted by atomic mass is 10.0. The number of anilines is 1. The normalized spacial score (nSPS) is 16.4. The van der Waals surface area contributed by atoms with Crippen molar-refractivity contribution in [2.75, 3.05) is 18.4 Å². The number of aryl methyl sites for hydroxylation is 1. The first kappa shape index (κ1) is 19.5. The van der Waals surface area contributed by atoms with Crippen molar-refractivity contribution >= 4 is 29.9 Å². The molecule has 2 rings (SSSR count). The molecule has 0 aromatic heterocycles. The van der Waals surface area contributed by atoms with Gasteiger partial charge in [-0.05, 0) is 38.3 Å². The van der Waals surface area contributed by atoms with Gasteiger partial charge in [-0.25, -0.2) is 0 Å². The monoisotopic (exact) mass is 339 g/mol. The van der Waals surface area contributed by atoms with Crippen LogP contribution >= 0.6 is 12.4 Å². The molecular formula is C17H26ClN3O2. The molecule has 1 aliphatic heterocycles. The smallest absolute Gasteiger partial charge is 0.256 e. The van der Waals surface area contributed by atoms with Gasteiger partial charge in [0.2, 0.25) is 5.91 Å². The van der Waals surface area contributed by atoms with E-state index in [4.69, 9.17) is 5.73 Å². The fourth-order valence-corrected chi connectivity index (χ4v) is 2.62. The third kappa shape index (κ3) is 4.45. The van der Waals surface area contributed by atoms with Crippen LogP contribution in [0, 0.1) is 12.8 Å². The Labute approximate surface area is 144 Å². The standard InChI is InChI=1S/C17H25N3O2.ClH/c1-11-7-6-8-14(19-16(21)12(2)13(3)18)15(11)17(22)20-9-4-5-10-20;/h6-8,12-13H,4-5,9-10,18H2,1-3H3,(H,19,21);1H. The van der Waals surface area contributed by atoms with Gasteiger partial charge < -0.3 is 16.0 Å². The number of carbonyl (C=O) groups is 2. The first-order valence-electron chi connectivity index (χ1n) is 7.87. The quantitative estimate of drug-likeness (QED) is 0.885. The van der Waals surface area contributed by atoms with Gasteiger partial charge in [0, 0.05) is 19.1 Å². The highest BCUT2D eigenvalue weighted by molar-refractivity contribution is 6.05. The summed E-state index contributed by atoms with van der Waals surface area (Å²) in [6, 6.07) is 5.29. The second-order valence-corrected chi connectivity index (χ2v) is 6.13. The first-order valence-corrected chi connectivity index (χ1v) is 7.87. The summed E-state index contributed by atoms with van der Waals surface area (Å²) in [5.41, 5.74) is 7.83. The van der Waals surface area contributed by atoms with Gasteiger partial charge in [0.05, 0.1) is 17.2 Å². The maximum Gasteiger partial charge on any atom is 0.256 e. The van der Waals surface area contributed by atoms with Crippen LogP contribution in [0.5, 0.6) is 0 Å². The Morgan fingerprint density at radius 2 is 1.83 bits per heavy atom. The van der Waals surface area contributed by atoms with Crippen LogP contribution in [0.1, 0.15) is 42.6 Å². The zero-order valence-electron chi connectivity index (χ0n) is 14.0. The molecule has 1 fully saturated rings. The van der Waals surface area contributed by atoms with Crippen LogP contribution in [-0.4, -0.2) is 35.8 Å². The van der Waals surface area contributed by atoms with E-state index in [0.29, 0.717) is 11.3 Å². The molecule has 0 aliphatic carbocycles. The molecule has 0 saturated carbocycles. The zero-order valence-corrected chi connectivity index (χ0v) is 14.8. The number of hydrogen-bond donors (Lipinski definition) is 2. The van der Waals surface area contributed by atoms with Crippen molar-refractivity contribution in [3.8, 4) is 0 Å². The van der Waals surface area contributed by atoms with E-state index in [1.54, 1.807) is 19.9 Å². The minimum absolute atomic E-state index is 0. The summed E-state index contributed by atoms with van der Waals surface area (Å²) < 4.78 is 0. The van der Waals surface area contributed by atoms with Crippen LogP contribution in [0.2, 0.25) is 0 Å². The van der Waals surface area contributed by atoms with E-state index in [2.05, 4.69) is 5.32 Å². The van der Waals surface area contributed by atoms with Crippen LogP contribution < -0.4 is 11.1 Å². The highest BCUT2D eigenvalue weighted by Gasteiger charge is 2.25. The molecule has 1 aromatic rings. The summed E-state index contributed by atoms with van der Waals surface area (Å²) in [6.07, 6.45) is 2.09. The van der Waals surface area contributed by atoms with Crippen molar-refractivity contribution in [2.24, 2.45) is 11.7 Å². The first-order chi connectivity index (χ1) is 10.4. The van der Waals surface area contributed by atoms with Crippen molar-refractivity contribution in [1.82, 2.24) is 4.90 Å². The maximum atomic E-state index is 12.7. The fraction of sp³-hybridized carbons (Fsp3) is 0.529. The third-order valence-electron chi connectivity index (χ3n) is 4.34. The van der Waals surface area contributed by atoms with Crippen LogP contribution in [0.25, 0.3) is 0 Å². The van der Waals surface area contributed by atoms with E-state index in [9.17, 15) is 9.59 Å². The molecule has 128 valence electrons. The van der Waals surface area contributed by atoms with E-state index < -0.39 is 0 Å². The molecule has 0 spiro atoms. The number of nitrogens with zero attached hydrogens (tertiary/aromatic N) is 1. The third-order valence-corrected chi connectivity index (χ3v) is 4.34. The number of rotatable bonds is 4. The van der Waals surface area contributed by atoms with E-state index in [1.807, 2.05) is 24.0 Å². The predicted molar refractivity (Wildman–Crippen MR) is 95.0 cm³/mol. The molecule has 0 radical (unpaired) electrons. The SMILES string of the molecule is Cc1cccc(NC(=O)C(C)C(C)N)c1C(=O)N1CCCC1.Cl. The average molecular weight is 340 g/mol. The number of amides is 2. The molecule has 1 aliphatic rings. The number of halogens is 1. The van der Waals surface area contributed by atoms with E-state index >= 15 is 0 Å². The molecule has 2 unspecified atom stereocenters. The molecule has 23 heavy (non-hydrogen) atoms. The summed E-state index contributed by atoms with van der Waals surface area (Å²) in [7, 11) is 0. The second-order valence-electron chi connectivity index (χ2n) is 6.13. The molecule has 1 saturated heterocycles. The summed E-state index contributed by atoms with van der Waals surface area (Å²) in [5.74, 6) is -0.467. The summed E-state index contributed by atoms with van der Waals surface area (Å²) in [6.45, 7) is 7.07. The molecule has 2 atom stereocenters. The molecule has 0 bridgehead atoms. The van der Waals surface area contributed by atoms with Crippen LogP contribution in [0.15, 0.2) is 18.2 Å². The molecular weight excluding hydrogens is 314 g/mol. The molecule has 1 heterocycles. The van der Waals surface area contributed by atoms with Crippen LogP contribution in [-0.2, 0) is 4.79 Å². The topological polar surface area (TPSA) is 75.4 Å². The Kier molecular flexibility index (Phi) is 7.03. The number of nitrogens with one attached hydrogen (secondary N) is 1. The number of benzene rings is 1. The predicted octanol–water partition coefficient (Wildman–Crippen LogP) is 2.57. The van der Waals surface area contributed by atoms with Crippen molar-refractivity contribution in [2.45, 2.75) is 39.7 Å².